The van der Waals surface area contributed by atoms with Gasteiger partial charge in [-0.25, -0.2) is 4.79 Å². The fourth-order valence-electron chi connectivity index (χ4n) is 3.11. The number of amides is 2. The Morgan fingerprint density at radius 2 is 1.62 bits per heavy atom. The van der Waals surface area contributed by atoms with E-state index >= 15 is 0 Å². The summed E-state index contributed by atoms with van der Waals surface area (Å²) in [6, 6.07) is 12.2. The highest BCUT2D eigenvalue weighted by Crippen LogP contribution is 2.23. The lowest BCUT2D eigenvalue weighted by Gasteiger charge is -2.34. The highest BCUT2D eigenvalue weighted by molar-refractivity contribution is 5.89. The first-order valence-electron chi connectivity index (χ1n) is 9.19. The number of rotatable bonds is 3. The number of nitrogens with zero attached hydrogens (tertiary/aromatic N) is 3. The number of nitrogens with one attached hydrogen (secondary N) is 1. The van der Waals surface area contributed by atoms with E-state index < -0.39 is 0 Å². The predicted molar refractivity (Wildman–Crippen MR) is 105 cm³/mol. The summed E-state index contributed by atoms with van der Waals surface area (Å²) in [6.45, 7) is 10.7. The number of pyridine rings is 1. The number of hydrogen-bond donors (Lipinski definition) is 1. The van der Waals surface area contributed by atoms with Crippen molar-refractivity contribution < 1.29 is 4.79 Å². The molecule has 5 heteroatoms. The van der Waals surface area contributed by atoms with Crippen LogP contribution in [0.2, 0.25) is 0 Å². The van der Waals surface area contributed by atoms with E-state index in [1.807, 2.05) is 41.6 Å². The second-order valence-electron chi connectivity index (χ2n) is 7.88. The van der Waals surface area contributed by atoms with Crippen LogP contribution < -0.4 is 5.32 Å². The second-order valence-corrected chi connectivity index (χ2v) is 7.88. The van der Waals surface area contributed by atoms with Crippen LogP contribution >= 0.6 is 0 Å². The smallest absolute Gasteiger partial charge is 0.321 e. The second kappa shape index (κ2) is 7.87. The maximum absolute atomic E-state index is 12.5. The number of carbonyl (C=O) groups excluding carboxylic acids is 1. The van der Waals surface area contributed by atoms with Crippen molar-refractivity contribution in [2.75, 3.05) is 31.5 Å². The Morgan fingerprint density at radius 1 is 1.00 bits per heavy atom. The summed E-state index contributed by atoms with van der Waals surface area (Å²) < 4.78 is 0. The van der Waals surface area contributed by atoms with Crippen molar-refractivity contribution in [2.45, 2.75) is 32.7 Å². The first kappa shape index (κ1) is 18.4. The third kappa shape index (κ3) is 4.82. The Kier molecular flexibility index (Phi) is 5.57. The van der Waals surface area contributed by atoms with Gasteiger partial charge in [0.25, 0.3) is 0 Å². The summed E-state index contributed by atoms with van der Waals surface area (Å²) in [4.78, 5) is 20.8. The molecule has 2 amide bonds. The van der Waals surface area contributed by atoms with E-state index in [0.717, 1.165) is 38.4 Å². The van der Waals surface area contributed by atoms with Gasteiger partial charge in [-0.15, -0.1) is 0 Å². The maximum Gasteiger partial charge on any atom is 0.321 e. The third-order valence-corrected chi connectivity index (χ3v) is 4.82. The van der Waals surface area contributed by atoms with Gasteiger partial charge in [0.1, 0.15) is 0 Å². The van der Waals surface area contributed by atoms with Gasteiger partial charge in [0.2, 0.25) is 0 Å². The minimum atomic E-state index is -0.0166. The number of urea groups is 1. The van der Waals surface area contributed by atoms with Crippen molar-refractivity contribution in [3.05, 3.63) is 59.9 Å². The van der Waals surface area contributed by atoms with Crippen molar-refractivity contribution in [2.24, 2.45) is 0 Å². The van der Waals surface area contributed by atoms with Crippen LogP contribution in [0.5, 0.6) is 0 Å². The molecule has 0 saturated carbocycles. The standard InChI is InChI=1S/C21H28N4O/c1-21(2,3)18-4-6-19(7-5-18)23-20(26)25-14-12-24(13-15-25)16-17-8-10-22-11-9-17/h4-11H,12-16H2,1-3H3,(H,23,26). The fourth-order valence-corrected chi connectivity index (χ4v) is 3.11. The van der Waals surface area contributed by atoms with Gasteiger partial charge in [-0.2, -0.15) is 0 Å². The van der Waals surface area contributed by atoms with Crippen LogP contribution in [0.1, 0.15) is 31.9 Å². The quantitative estimate of drug-likeness (QED) is 0.916. The van der Waals surface area contributed by atoms with E-state index in [-0.39, 0.29) is 11.4 Å². The Bertz CT molecular complexity index is 714. The number of anilines is 1. The van der Waals surface area contributed by atoms with E-state index in [4.69, 9.17) is 0 Å². The lowest BCUT2D eigenvalue weighted by atomic mass is 9.87. The lowest BCUT2D eigenvalue weighted by molar-refractivity contribution is 0.143. The van der Waals surface area contributed by atoms with Crippen molar-refractivity contribution in [3.63, 3.8) is 0 Å². The van der Waals surface area contributed by atoms with Crippen molar-refractivity contribution >= 4 is 11.7 Å². The average molecular weight is 352 g/mol. The molecule has 0 atom stereocenters. The number of hydrogen-bond acceptors (Lipinski definition) is 3. The topological polar surface area (TPSA) is 48.5 Å². The molecule has 0 unspecified atom stereocenters. The molecule has 2 heterocycles. The summed E-state index contributed by atoms with van der Waals surface area (Å²) in [5.74, 6) is 0. The number of carbonyl (C=O) groups is 1. The Balaban J connectivity index is 1.49. The number of benzene rings is 1. The molecule has 0 bridgehead atoms. The van der Waals surface area contributed by atoms with Gasteiger partial charge in [0, 0.05) is 50.8 Å². The van der Waals surface area contributed by atoms with Crippen LogP contribution in [0.25, 0.3) is 0 Å². The molecule has 0 aliphatic carbocycles. The highest BCUT2D eigenvalue weighted by Gasteiger charge is 2.21. The number of piperazine rings is 1. The van der Waals surface area contributed by atoms with Crippen LogP contribution in [0.4, 0.5) is 10.5 Å². The van der Waals surface area contributed by atoms with E-state index in [2.05, 4.69) is 48.1 Å². The van der Waals surface area contributed by atoms with Crippen LogP contribution in [0.15, 0.2) is 48.8 Å². The molecular weight excluding hydrogens is 324 g/mol. The molecule has 1 aliphatic heterocycles. The Hall–Kier alpha value is -2.40. The molecule has 1 aliphatic rings. The van der Waals surface area contributed by atoms with Crippen LogP contribution in [0.3, 0.4) is 0 Å². The largest absolute Gasteiger partial charge is 0.322 e. The SMILES string of the molecule is CC(C)(C)c1ccc(NC(=O)N2CCN(Cc3ccncc3)CC2)cc1. The Morgan fingerprint density at radius 3 is 2.19 bits per heavy atom. The van der Waals surface area contributed by atoms with Crippen LogP contribution in [-0.4, -0.2) is 47.0 Å². The minimum Gasteiger partial charge on any atom is -0.322 e. The zero-order chi connectivity index (χ0) is 18.6. The molecule has 3 rings (SSSR count). The van der Waals surface area contributed by atoms with Gasteiger partial charge in [-0.1, -0.05) is 32.9 Å². The molecule has 1 fully saturated rings. The minimum absolute atomic E-state index is 0.0166. The van der Waals surface area contributed by atoms with E-state index in [0.29, 0.717) is 0 Å². The molecule has 26 heavy (non-hydrogen) atoms. The van der Waals surface area contributed by atoms with Gasteiger partial charge in [-0.3, -0.25) is 9.88 Å². The van der Waals surface area contributed by atoms with E-state index in [1.54, 1.807) is 0 Å². The zero-order valence-electron chi connectivity index (χ0n) is 15.9. The summed E-state index contributed by atoms with van der Waals surface area (Å²) in [5, 5.41) is 3.02. The fraction of sp³-hybridized carbons (Fsp3) is 0.429. The van der Waals surface area contributed by atoms with Crippen molar-refractivity contribution in [3.8, 4) is 0 Å². The van der Waals surface area contributed by atoms with Gasteiger partial charge in [0.05, 0.1) is 0 Å². The molecule has 0 spiro atoms. The maximum atomic E-state index is 12.5. The molecular formula is C21H28N4O. The first-order valence-corrected chi connectivity index (χ1v) is 9.19. The van der Waals surface area contributed by atoms with Gasteiger partial charge in [-0.05, 0) is 40.8 Å². The summed E-state index contributed by atoms with van der Waals surface area (Å²) in [7, 11) is 0. The normalized spacial score (nSPS) is 15.7. The summed E-state index contributed by atoms with van der Waals surface area (Å²) >= 11 is 0. The summed E-state index contributed by atoms with van der Waals surface area (Å²) in [5.41, 5.74) is 3.49. The first-order chi connectivity index (χ1) is 12.4. The molecule has 0 radical (unpaired) electrons. The molecule has 2 aromatic rings. The van der Waals surface area contributed by atoms with Crippen LogP contribution in [0, 0.1) is 0 Å². The molecule has 1 aromatic carbocycles. The molecule has 1 saturated heterocycles. The number of aromatic nitrogens is 1. The van der Waals surface area contributed by atoms with Gasteiger partial charge in [0.15, 0.2) is 0 Å². The lowest BCUT2D eigenvalue weighted by Crippen LogP contribution is -2.49. The molecule has 1 aromatic heterocycles. The zero-order valence-corrected chi connectivity index (χ0v) is 15.9. The van der Waals surface area contributed by atoms with E-state index in [9.17, 15) is 4.79 Å². The average Bonchev–Trinajstić information content (AvgIpc) is 2.63. The van der Waals surface area contributed by atoms with Crippen molar-refractivity contribution in [1.29, 1.82) is 0 Å². The molecule has 138 valence electrons. The molecule has 1 N–H and O–H groups in total. The Labute approximate surface area is 156 Å². The van der Waals surface area contributed by atoms with Gasteiger partial charge >= 0.3 is 6.03 Å². The van der Waals surface area contributed by atoms with Gasteiger partial charge < -0.3 is 10.2 Å². The monoisotopic (exact) mass is 352 g/mol. The molecule has 5 nitrogen and oxygen atoms in total. The van der Waals surface area contributed by atoms with Crippen LogP contribution in [-0.2, 0) is 12.0 Å². The van der Waals surface area contributed by atoms with Crippen molar-refractivity contribution in [1.82, 2.24) is 14.8 Å². The third-order valence-electron chi connectivity index (χ3n) is 4.82. The summed E-state index contributed by atoms with van der Waals surface area (Å²) in [6.07, 6.45) is 3.65. The predicted octanol–water partition coefficient (Wildman–Crippen LogP) is 3.73. The highest BCUT2D eigenvalue weighted by atomic mass is 16.2. The van der Waals surface area contributed by atoms with E-state index in [1.165, 1.54) is 11.1 Å².